The van der Waals surface area contributed by atoms with Crippen LogP contribution in [0.3, 0.4) is 0 Å². The number of carbonyl (C=O) groups excluding carboxylic acids is 3. The molecule has 0 aliphatic heterocycles. The van der Waals surface area contributed by atoms with E-state index in [4.69, 9.17) is 9.47 Å². The third-order valence-corrected chi connectivity index (χ3v) is 8.53. The van der Waals surface area contributed by atoms with Crippen LogP contribution >= 0.6 is 11.3 Å². The molecule has 0 unspecified atom stereocenters. The van der Waals surface area contributed by atoms with Gasteiger partial charge in [-0.05, 0) is 59.3 Å². The quantitative estimate of drug-likeness (QED) is 0.0507. The number of nitrogens with one attached hydrogen (secondary N) is 1. The van der Waals surface area contributed by atoms with Crippen molar-refractivity contribution in [1.82, 2.24) is 4.90 Å². The zero-order valence-corrected chi connectivity index (χ0v) is 27.6. The number of nitrogens with zero attached hydrogens (tertiary/aromatic N) is 1. The summed E-state index contributed by atoms with van der Waals surface area (Å²) in [4.78, 5) is 42.0. The van der Waals surface area contributed by atoms with E-state index in [1.54, 1.807) is 47.7 Å². The molecule has 4 aromatic carbocycles. The predicted molar refractivity (Wildman–Crippen MR) is 191 cm³/mol. The highest BCUT2D eigenvalue weighted by Crippen LogP contribution is 2.22. The molecule has 5 rings (SSSR count). The van der Waals surface area contributed by atoms with E-state index < -0.39 is 12.0 Å². The third kappa shape index (κ3) is 9.77. The van der Waals surface area contributed by atoms with Gasteiger partial charge in [0.25, 0.3) is 0 Å². The molecule has 1 atom stereocenters. The lowest BCUT2D eigenvalue weighted by Crippen LogP contribution is -2.33. The molecule has 5 aromatic rings. The Kier molecular flexibility index (Phi) is 12.3. The summed E-state index contributed by atoms with van der Waals surface area (Å²) in [6, 6.07) is 36.9. The number of para-hydroxylation sites is 1. The van der Waals surface area contributed by atoms with E-state index in [0.29, 0.717) is 55.1 Å². The predicted octanol–water partition coefficient (Wildman–Crippen LogP) is 7.69. The van der Waals surface area contributed by atoms with Crippen LogP contribution in [-0.4, -0.2) is 48.9 Å². The molecule has 7 nitrogen and oxygen atoms in total. The number of rotatable bonds is 16. The number of carbonyl (C=O) groups is 3. The standard InChI is InChI=1S/C40H38N2O5S/c1-46-40(45)37(41-36-18-9-8-17-35(36)39(44)32-14-6-3-7-15-32)28-30-19-21-33(22-20-30)47-26-11-25-42(29-31-12-4-2-5-13-31)38(43)24-23-34-16-10-27-48-34/h2-10,12-24,27,37,41H,11,25-26,28-29H2,1H3/b24-23+/t37-/m0/s1. The van der Waals surface area contributed by atoms with Crippen molar-refractivity contribution < 1.29 is 23.9 Å². The summed E-state index contributed by atoms with van der Waals surface area (Å²) in [5.74, 6) is 0.0828. The van der Waals surface area contributed by atoms with Crippen LogP contribution in [0.2, 0.25) is 0 Å². The lowest BCUT2D eigenvalue weighted by molar-refractivity contribution is -0.141. The van der Waals surface area contributed by atoms with Crippen LogP contribution in [0, 0.1) is 0 Å². The molecule has 244 valence electrons. The highest BCUT2D eigenvalue weighted by molar-refractivity contribution is 7.10. The summed E-state index contributed by atoms with van der Waals surface area (Å²) in [6.07, 6.45) is 4.48. The van der Waals surface area contributed by atoms with Crippen molar-refractivity contribution in [2.75, 3.05) is 25.6 Å². The second-order valence-corrected chi connectivity index (χ2v) is 12.1. The van der Waals surface area contributed by atoms with Crippen molar-refractivity contribution in [3.05, 3.63) is 160 Å². The van der Waals surface area contributed by atoms with Gasteiger partial charge in [0.15, 0.2) is 5.78 Å². The van der Waals surface area contributed by atoms with Crippen LogP contribution in [0.4, 0.5) is 5.69 Å². The number of esters is 1. The van der Waals surface area contributed by atoms with E-state index in [-0.39, 0.29) is 11.7 Å². The van der Waals surface area contributed by atoms with Crippen LogP contribution in [0.1, 0.15) is 38.3 Å². The third-order valence-electron chi connectivity index (χ3n) is 7.69. The maximum Gasteiger partial charge on any atom is 0.328 e. The van der Waals surface area contributed by atoms with E-state index in [2.05, 4.69) is 5.32 Å². The van der Waals surface area contributed by atoms with Crippen molar-refractivity contribution in [2.45, 2.75) is 25.4 Å². The van der Waals surface area contributed by atoms with Gasteiger partial charge in [0.05, 0.1) is 13.7 Å². The Bertz CT molecular complexity index is 1790. The van der Waals surface area contributed by atoms with Crippen molar-refractivity contribution in [3.63, 3.8) is 0 Å². The number of thiophene rings is 1. The smallest absolute Gasteiger partial charge is 0.328 e. The number of hydrogen-bond donors (Lipinski definition) is 1. The zero-order chi connectivity index (χ0) is 33.6. The minimum atomic E-state index is -0.714. The van der Waals surface area contributed by atoms with Gasteiger partial charge >= 0.3 is 5.97 Å². The van der Waals surface area contributed by atoms with Gasteiger partial charge in [-0.15, -0.1) is 11.3 Å². The van der Waals surface area contributed by atoms with Crippen molar-refractivity contribution >= 4 is 40.8 Å². The summed E-state index contributed by atoms with van der Waals surface area (Å²) in [5.41, 5.74) is 3.57. The van der Waals surface area contributed by atoms with Gasteiger partial charge in [-0.25, -0.2) is 4.79 Å². The first-order chi connectivity index (χ1) is 23.5. The maximum absolute atomic E-state index is 13.2. The first-order valence-corrected chi connectivity index (χ1v) is 16.7. The Hall–Kier alpha value is -5.47. The molecule has 1 N–H and O–H groups in total. The molecule has 48 heavy (non-hydrogen) atoms. The number of amides is 1. The molecule has 0 fully saturated rings. The molecular weight excluding hydrogens is 621 g/mol. The van der Waals surface area contributed by atoms with Crippen LogP contribution in [0.5, 0.6) is 5.75 Å². The largest absolute Gasteiger partial charge is 0.494 e. The Labute approximate surface area is 285 Å². The molecule has 0 saturated heterocycles. The molecule has 0 aliphatic carbocycles. The number of methoxy groups -OCH3 is 1. The monoisotopic (exact) mass is 658 g/mol. The van der Waals surface area contributed by atoms with E-state index in [1.165, 1.54) is 7.11 Å². The lowest BCUT2D eigenvalue weighted by Gasteiger charge is -2.21. The number of ether oxygens (including phenoxy) is 2. The molecule has 0 radical (unpaired) electrons. The van der Waals surface area contributed by atoms with Crippen LogP contribution in [-0.2, 0) is 27.3 Å². The summed E-state index contributed by atoms with van der Waals surface area (Å²) in [7, 11) is 1.35. The Morgan fingerprint density at radius 3 is 2.23 bits per heavy atom. The van der Waals surface area contributed by atoms with E-state index in [1.807, 2.05) is 107 Å². The molecule has 0 bridgehead atoms. The fraction of sp³-hybridized carbons (Fsp3) is 0.175. The molecule has 8 heteroatoms. The number of anilines is 1. The topological polar surface area (TPSA) is 84.9 Å². The Balaban J connectivity index is 1.17. The van der Waals surface area contributed by atoms with Crippen molar-refractivity contribution in [1.29, 1.82) is 0 Å². The second kappa shape index (κ2) is 17.4. The molecule has 1 aromatic heterocycles. The SMILES string of the molecule is COC(=O)[C@H](Cc1ccc(OCCCN(Cc2ccccc2)C(=O)/C=C/c2cccs2)cc1)Nc1ccccc1C(=O)c1ccccc1. The van der Waals surface area contributed by atoms with Gasteiger partial charge in [-0.2, -0.15) is 0 Å². The van der Waals surface area contributed by atoms with Gasteiger partial charge in [-0.1, -0.05) is 91.0 Å². The highest BCUT2D eigenvalue weighted by atomic mass is 32.1. The Morgan fingerprint density at radius 1 is 0.812 bits per heavy atom. The molecule has 0 spiro atoms. The second-order valence-electron chi connectivity index (χ2n) is 11.1. The fourth-order valence-electron chi connectivity index (χ4n) is 5.19. The lowest BCUT2D eigenvalue weighted by atomic mass is 10.00. The normalized spacial score (nSPS) is 11.5. The number of benzene rings is 4. The zero-order valence-electron chi connectivity index (χ0n) is 26.8. The van der Waals surface area contributed by atoms with Gasteiger partial charge in [0.1, 0.15) is 11.8 Å². The molecule has 0 aliphatic rings. The maximum atomic E-state index is 13.2. The van der Waals surface area contributed by atoms with Crippen molar-refractivity contribution in [3.8, 4) is 5.75 Å². The average Bonchev–Trinajstić information content (AvgIpc) is 3.66. The molecule has 0 saturated carbocycles. The summed E-state index contributed by atoms with van der Waals surface area (Å²) >= 11 is 1.59. The van der Waals surface area contributed by atoms with E-state index in [9.17, 15) is 14.4 Å². The van der Waals surface area contributed by atoms with Crippen LogP contribution in [0.15, 0.2) is 133 Å². The molecule has 1 heterocycles. The fourth-order valence-corrected chi connectivity index (χ4v) is 5.81. The highest BCUT2D eigenvalue weighted by Gasteiger charge is 2.23. The number of ketones is 1. The average molecular weight is 659 g/mol. The van der Waals surface area contributed by atoms with Gasteiger partial charge in [0.2, 0.25) is 5.91 Å². The first kappa shape index (κ1) is 33.9. The van der Waals surface area contributed by atoms with Gasteiger partial charge in [0, 0.05) is 47.3 Å². The van der Waals surface area contributed by atoms with Crippen LogP contribution in [0.25, 0.3) is 6.08 Å². The van der Waals surface area contributed by atoms with Crippen molar-refractivity contribution in [2.24, 2.45) is 0 Å². The summed E-state index contributed by atoms with van der Waals surface area (Å²) < 4.78 is 11.1. The van der Waals surface area contributed by atoms with E-state index in [0.717, 1.165) is 16.0 Å². The summed E-state index contributed by atoms with van der Waals surface area (Å²) in [5, 5.41) is 5.23. The van der Waals surface area contributed by atoms with Gasteiger partial charge in [-0.3, -0.25) is 9.59 Å². The molecular formula is C40H38N2O5S. The van der Waals surface area contributed by atoms with Crippen LogP contribution < -0.4 is 10.1 Å². The van der Waals surface area contributed by atoms with Gasteiger partial charge < -0.3 is 19.7 Å². The molecule has 1 amide bonds. The van der Waals surface area contributed by atoms with E-state index >= 15 is 0 Å². The minimum Gasteiger partial charge on any atom is -0.494 e. The number of hydrogen-bond acceptors (Lipinski definition) is 7. The first-order valence-electron chi connectivity index (χ1n) is 15.8. The Morgan fingerprint density at radius 2 is 1.52 bits per heavy atom. The summed E-state index contributed by atoms with van der Waals surface area (Å²) in [6.45, 7) is 1.50. The minimum absolute atomic E-state index is 0.0440.